The zero-order valence-corrected chi connectivity index (χ0v) is 19.7. The van der Waals surface area contributed by atoms with E-state index in [1.54, 1.807) is 0 Å². The third-order valence-electron chi connectivity index (χ3n) is 6.05. The SMILES string of the molecule is [CH2]CCCCCCCC=CCCCCCCCC(C)CCCCCCCC[CH2]. The molecule has 1 atom stereocenters. The van der Waals surface area contributed by atoms with E-state index < -0.39 is 0 Å². The van der Waals surface area contributed by atoms with Crippen molar-refractivity contribution in [3.05, 3.63) is 26.0 Å². The zero-order valence-electron chi connectivity index (χ0n) is 19.7. The van der Waals surface area contributed by atoms with Crippen LogP contribution in [0.3, 0.4) is 0 Å². The lowest BCUT2D eigenvalue weighted by Gasteiger charge is -2.11. The molecule has 0 saturated carbocycles. The first-order valence-corrected chi connectivity index (χ1v) is 13.0. The molecule has 0 aliphatic carbocycles. The summed E-state index contributed by atoms with van der Waals surface area (Å²) in [6, 6.07) is 0. The maximum absolute atomic E-state index is 3.92. The van der Waals surface area contributed by atoms with Crippen LogP contribution in [0.25, 0.3) is 0 Å². The van der Waals surface area contributed by atoms with Crippen molar-refractivity contribution in [2.24, 2.45) is 5.92 Å². The van der Waals surface area contributed by atoms with Gasteiger partial charge in [0, 0.05) is 0 Å². The minimum absolute atomic E-state index is 0.946. The summed E-state index contributed by atoms with van der Waals surface area (Å²) in [6.07, 6.45) is 35.1. The van der Waals surface area contributed by atoms with Crippen LogP contribution in [0.4, 0.5) is 0 Å². The number of rotatable bonds is 23. The van der Waals surface area contributed by atoms with Gasteiger partial charge < -0.3 is 0 Å². The Balaban J connectivity index is 3.18. The van der Waals surface area contributed by atoms with E-state index >= 15 is 0 Å². The Morgan fingerprint density at radius 3 is 1.18 bits per heavy atom. The Morgan fingerprint density at radius 1 is 0.464 bits per heavy atom. The Kier molecular flexibility index (Phi) is 24.5. The second-order valence-electron chi connectivity index (χ2n) is 9.10. The first kappa shape index (κ1) is 27.7. The molecule has 0 aromatic rings. The van der Waals surface area contributed by atoms with Gasteiger partial charge in [-0.25, -0.2) is 0 Å². The molecule has 0 aliphatic heterocycles. The van der Waals surface area contributed by atoms with Crippen molar-refractivity contribution >= 4 is 0 Å². The average Bonchev–Trinajstić information content (AvgIpc) is 2.70. The van der Waals surface area contributed by atoms with Crippen LogP contribution in [0.15, 0.2) is 12.2 Å². The Hall–Kier alpha value is -0.260. The first-order valence-electron chi connectivity index (χ1n) is 13.0. The molecule has 1 unspecified atom stereocenters. The molecule has 0 spiro atoms. The molecule has 0 aromatic heterocycles. The zero-order chi connectivity index (χ0) is 20.5. The van der Waals surface area contributed by atoms with Crippen molar-refractivity contribution in [3.8, 4) is 0 Å². The summed E-state index contributed by atoms with van der Waals surface area (Å²) in [6.45, 7) is 10.3. The quantitative estimate of drug-likeness (QED) is 0.120. The monoisotopic (exact) mass is 390 g/mol. The minimum Gasteiger partial charge on any atom is -0.0885 e. The maximum Gasteiger partial charge on any atom is -0.0351 e. The van der Waals surface area contributed by atoms with Crippen LogP contribution in [-0.4, -0.2) is 0 Å². The number of hydrogen-bond acceptors (Lipinski definition) is 0. The highest BCUT2D eigenvalue weighted by Gasteiger charge is 2.02. The van der Waals surface area contributed by atoms with Crippen LogP contribution in [0.2, 0.25) is 0 Å². The van der Waals surface area contributed by atoms with Crippen molar-refractivity contribution in [2.45, 2.75) is 148 Å². The van der Waals surface area contributed by atoms with Crippen LogP contribution in [0.5, 0.6) is 0 Å². The summed E-state index contributed by atoms with van der Waals surface area (Å²) in [5.41, 5.74) is 0. The van der Waals surface area contributed by atoms with Gasteiger partial charge in [0.1, 0.15) is 0 Å². The second kappa shape index (κ2) is 24.8. The van der Waals surface area contributed by atoms with Crippen molar-refractivity contribution < 1.29 is 0 Å². The third kappa shape index (κ3) is 23.8. The van der Waals surface area contributed by atoms with E-state index in [1.807, 2.05) is 0 Å². The van der Waals surface area contributed by atoms with Crippen LogP contribution < -0.4 is 0 Å². The van der Waals surface area contributed by atoms with Crippen LogP contribution in [0, 0.1) is 19.8 Å². The van der Waals surface area contributed by atoms with E-state index in [0.717, 1.165) is 18.8 Å². The van der Waals surface area contributed by atoms with Crippen molar-refractivity contribution in [1.82, 2.24) is 0 Å². The largest absolute Gasteiger partial charge is 0.0885 e. The second-order valence-corrected chi connectivity index (χ2v) is 9.10. The Labute approximate surface area is 180 Å². The van der Waals surface area contributed by atoms with Gasteiger partial charge in [-0.3, -0.25) is 0 Å². The fourth-order valence-electron chi connectivity index (χ4n) is 4.01. The molecule has 2 radical (unpaired) electrons. The van der Waals surface area contributed by atoms with Gasteiger partial charge in [0.2, 0.25) is 0 Å². The number of unbranched alkanes of at least 4 members (excludes halogenated alkanes) is 17. The van der Waals surface area contributed by atoms with Gasteiger partial charge in [-0.15, -0.1) is 0 Å². The molecule has 28 heavy (non-hydrogen) atoms. The summed E-state index contributed by atoms with van der Waals surface area (Å²) >= 11 is 0. The highest BCUT2D eigenvalue weighted by Crippen LogP contribution is 2.18. The summed E-state index contributed by atoms with van der Waals surface area (Å²) < 4.78 is 0. The van der Waals surface area contributed by atoms with Crippen molar-refractivity contribution in [1.29, 1.82) is 0 Å². The van der Waals surface area contributed by atoms with Crippen molar-refractivity contribution in [2.75, 3.05) is 0 Å². The van der Waals surface area contributed by atoms with Crippen molar-refractivity contribution in [3.63, 3.8) is 0 Å². The van der Waals surface area contributed by atoms with Gasteiger partial charge in [0.05, 0.1) is 0 Å². The smallest absolute Gasteiger partial charge is 0.0351 e. The third-order valence-corrected chi connectivity index (χ3v) is 6.05. The van der Waals surface area contributed by atoms with E-state index in [2.05, 4.69) is 32.9 Å². The van der Waals surface area contributed by atoms with Crippen LogP contribution >= 0.6 is 0 Å². The summed E-state index contributed by atoms with van der Waals surface area (Å²) in [5.74, 6) is 0.946. The molecule has 0 amide bonds. The molecule has 0 heterocycles. The van der Waals surface area contributed by atoms with Crippen LogP contribution in [-0.2, 0) is 0 Å². The lowest BCUT2D eigenvalue weighted by Crippen LogP contribution is -1.95. The maximum atomic E-state index is 3.92. The number of allylic oxidation sites excluding steroid dienone is 2. The summed E-state index contributed by atoms with van der Waals surface area (Å²) in [4.78, 5) is 0. The van der Waals surface area contributed by atoms with Crippen LogP contribution in [0.1, 0.15) is 148 Å². The van der Waals surface area contributed by atoms with Gasteiger partial charge in [-0.2, -0.15) is 0 Å². The Morgan fingerprint density at radius 2 is 0.786 bits per heavy atom. The molecule has 0 nitrogen and oxygen atoms in total. The molecule has 0 rings (SSSR count). The lowest BCUT2D eigenvalue weighted by molar-refractivity contribution is 0.431. The van der Waals surface area contributed by atoms with E-state index in [0.29, 0.717) is 0 Å². The fourth-order valence-corrected chi connectivity index (χ4v) is 4.01. The van der Waals surface area contributed by atoms with E-state index in [1.165, 1.54) is 128 Å². The van der Waals surface area contributed by atoms with E-state index in [9.17, 15) is 0 Å². The van der Waals surface area contributed by atoms with Gasteiger partial charge in [0.25, 0.3) is 0 Å². The minimum atomic E-state index is 0.946. The molecule has 0 fully saturated rings. The van der Waals surface area contributed by atoms with Gasteiger partial charge in [-0.05, 0) is 31.6 Å². The molecule has 0 N–H and O–H groups in total. The molecule has 0 aromatic carbocycles. The summed E-state index contributed by atoms with van der Waals surface area (Å²) in [5, 5.41) is 0. The van der Waals surface area contributed by atoms with Gasteiger partial charge in [0.15, 0.2) is 0 Å². The highest BCUT2D eigenvalue weighted by molar-refractivity contribution is 4.81. The normalized spacial score (nSPS) is 12.8. The number of hydrogen-bond donors (Lipinski definition) is 0. The molecule has 0 aliphatic rings. The van der Waals surface area contributed by atoms with E-state index in [-0.39, 0.29) is 0 Å². The first-order chi connectivity index (χ1) is 13.8. The van der Waals surface area contributed by atoms with E-state index in [4.69, 9.17) is 0 Å². The molecule has 0 heteroatoms. The average molecular weight is 391 g/mol. The van der Waals surface area contributed by atoms with Gasteiger partial charge >= 0.3 is 0 Å². The van der Waals surface area contributed by atoms with Gasteiger partial charge in [-0.1, -0.05) is 148 Å². The standard InChI is InChI=1S/C28H54/c1-4-6-8-10-12-13-14-15-16-17-18-19-21-23-25-27-28(3)26-24-22-20-11-9-7-5-2/h15-16,28H,1-2,4-14,17-27H2,3H3. The molecular weight excluding hydrogens is 336 g/mol. The predicted molar refractivity (Wildman–Crippen MR) is 131 cm³/mol. The lowest BCUT2D eigenvalue weighted by atomic mass is 9.96. The fraction of sp³-hybridized carbons (Fsp3) is 0.857. The topological polar surface area (TPSA) is 0 Å². The predicted octanol–water partition coefficient (Wildman–Crippen LogP) is 10.4. The molecule has 0 saturated heterocycles. The Bertz CT molecular complexity index is 290. The molecular formula is C28H54. The highest BCUT2D eigenvalue weighted by atomic mass is 14.1. The molecule has 0 bridgehead atoms. The summed E-state index contributed by atoms with van der Waals surface area (Å²) in [7, 11) is 0. The molecule has 166 valence electrons.